The molecule has 0 radical (unpaired) electrons. The first-order valence-corrected chi connectivity index (χ1v) is 8.49. The number of halogens is 1. The number of carbonyl (C=O) groups excluding carboxylic acids is 1. The molecule has 0 aromatic heterocycles. The number of fused-ring (bicyclic) bond motifs is 1. The van der Waals surface area contributed by atoms with Crippen LogP contribution in [0.2, 0.25) is 0 Å². The number of sulfonamides is 1. The summed E-state index contributed by atoms with van der Waals surface area (Å²) in [5.74, 6) is -0.113. The summed E-state index contributed by atoms with van der Waals surface area (Å²) in [7, 11) is -3.73. The van der Waals surface area contributed by atoms with Gasteiger partial charge in [0.05, 0.1) is 16.2 Å². The Balaban J connectivity index is 2.01. The highest BCUT2D eigenvalue weighted by atomic mass is 35.5. The van der Waals surface area contributed by atoms with Gasteiger partial charge in [-0.25, -0.2) is 17.7 Å². The Kier molecular flexibility index (Phi) is 3.66. The van der Waals surface area contributed by atoms with E-state index in [0.29, 0.717) is 17.7 Å². The van der Waals surface area contributed by atoms with Gasteiger partial charge in [0.2, 0.25) is 0 Å². The molecule has 1 aromatic rings. The first-order chi connectivity index (χ1) is 10.4. The molecule has 0 N–H and O–H groups in total. The van der Waals surface area contributed by atoms with Gasteiger partial charge in [-0.2, -0.15) is 0 Å². The summed E-state index contributed by atoms with van der Waals surface area (Å²) in [6, 6.07) is 6.59. The molecule has 2 aliphatic rings. The van der Waals surface area contributed by atoms with Crippen molar-refractivity contribution in [2.24, 2.45) is 10.9 Å². The zero-order valence-corrected chi connectivity index (χ0v) is 13.3. The van der Waals surface area contributed by atoms with Gasteiger partial charge in [0.25, 0.3) is 10.0 Å². The number of aldehydes is 1. The van der Waals surface area contributed by atoms with Crippen LogP contribution in [0.3, 0.4) is 0 Å². The van der Waals surface area contributed by atoms with Crippen molar-refractivity contribution in [2.75, 3.05) is 0 Å². The van der Waals surface area contributed by atoms with E-state index in [1.165, 1.54) is 12.4 Å². The summed E-state index contributed by atoms with van der Waals surface area (Å²) in [5, 5.41) is -0.612. The summed E-state index contributed by atoms with van der Waals surface area (Å²) >= 11 is 6.21. The van der Waals surface area contributed by atoms with E-state index in [1.54, 1.807) is 30.3 Å². The fourth-order valence-corrected chi connectivity index (χ4v) is 4.05. The molecule has 0 spiro atoms. The van der Waals surface area contributed by atoms with Crippen LogP contribution < -0.4 is 0 Å². The number of allylic oxidation sites excluding steroid dienone is 1. The van der Waals surface area contributed by atoms with Gasteiger partial charge in [0.15, 0.2) is 0 Å². The van der Waals surface area contributed by atoms with Gasteiger partial charge in [0, 0.05) is 18.0 Å². The van der Waals surface area contributed by atoms with Gasteiger partial charge in [-0.05, 0) is 19.1 Å². The van der Waals surface area contributed by atoms with Gasteiger partial charge in [-0.15, -0.1) is 11.6 Å². The first kappa shape index (κ1) is 15.0. The molecule has 2 heterocycles. The van der Waals surface area contributed by atoms with Gasteiger partial charge < -0.3 is 0 Å². The van der Waals surface area contributed by atoms with Crippen LogP contribution in [0.4, 0.5) is 0 Å². The quantitative estimate of drug-likeness (QED) is 0.628. The van der Waals surface area contributed by atoms with Crippen molar-refractivity contribution in [1.29, 1.82) is 0 Å². The van der Waals surface area contributed by atoms with E-state index in [0.717, 1.165) is 9.87 Å². The number of hydrogen-bond acceptors (Lipinski definition) is 4. The maximum Gasteiger partial charge on any atom is 0.269 e. The normalized spacial score (nSPS) is 23.8. The SMILES string of the molecule is Cc1ccc(S(=O)(=O)N2C=CC3C2=NC=C(C=O)C3Cl)cc1. The predicted octanol–water partition coefficient (Wildman–Crippen LogP) is 2.23. The van der Waals surface area contributed by atoms with Crippen molar-refractivity contribution in [1.82, 2.24) is 4.31 Å². The zero-order chi connectivity index (χ0) is 15.9. The Morgan fingerprint density at radius 3 is 2.59 bits per heavy atom. The minimum Gasteiger partial charge on any atom is -0.298 e. The molecule has 114 valence electrons. The minimum atomic E-state index is -3.73. The number of benzene rings is 1. The molecule has 22 heavy (non-hydrogen) atoms. The highest BCUT2D eigenvalue weighted by molar-refractivity contribution is 7.89. The molecule has 0 bridgehead atoms. The first-order valence-electron chi connectivity index (χ1n) is 6.61. The van der Waals surface area contributed by atoms with Crippen LogP contribution in [-0.4, -0.2) is 30.2 Å². The van der Waals surface area contributed by atoms with Gasteiger partial charge in [-0.1, -0.05) is 23.8 Å². The maximum absolute atomic E-state index is 12.7. The summed E-state index contributed by atoms with van der Waals surface area (Å²) in [4.78, 5) is 15.2. The summed E-state index contributed by atoms with van der Waals surface area (Å²) in [5.41, 5.74) is 1.32. The van der Waals surface area contributed by atoms with Crippen molar-refractivity contribution in [3.8, 4) is 0 Å². The number of rotatable bonds is 3. The molecule has 0 fully saturated rings. The number of amidine groups is 1. The minimum absolute atomic E-state index is 0.183. The monoisotopic (exact) mass is 336 g/mol. The Hall–Kier alpha value is -1.92. The fourth-order valence-electron chi connectivity index (χ4n) is 2.39. The third-order valence-electron chi connectivity index (χ3n) is 3.65. The smallest absolute Gasteiger partial charge is 0.269 e. The van der Waals surface area contributed by atoms with Crippen LogP contribution in [0, 0.1) is 12.8 Å². The second kappa shape index (κ2) is 5.37. The number of hydrogen-bond donors (Lipinski definition) is 0. The predicted molar refractivity (Wildman–Crippen MR) is 84.1 cm³/mol. The molecule has 1 aromatic carbocycles. The third-order valence-corrected chi connectivity index (χ3v) is 5.86. The molecular weight excluding hydrogens is 324 g/mol. The van der Waals surface area contributed by atoms with Crippen LogP contribution in [0.1, 0.15) is 5.56 Å². The van der Waals surface area contributed by atoms with E-state index in [9.17, 15) is 13.2 Å². The van der Waals surface area contributed by atoms with Gasteiger partial charge >= 0.3 is 0 Å². The highest BCUT2D eigenvalue weighted by Gasteiger charge is 2.40. The standard InChI is InChI=1S/C15H13ClN2O3S/c1-10-2-4-12(5-3-10)22(20,21)18-7-6-13-14(16)11(9-19)8-17-15(13)18/h2-9,13-14H,1H3. The molecular formula is C15H13ClN2O3S. The summed E-state index contributed by atoms with van der Waals surface area (Å²) < 4.78 is 26.6. The molecule has 3 rings (SSSR count). The average Bonchev–Trinajstić information content (AvgIpc) is 2.94. The number of aliphatic imine (C=N–C) groups is 1. The lowest BCUT2D eigenvalue weighted by molar-refractivity contribution is -0.105. The number of nitrogens with zero attached hydrogens (tertiary/aromatic N) is 2. The summed E-state index contributed by atoms with van der Waals surface area (Å²) in [6.07, 6.45) is 5.05. The molecule has 2 aliphatic heterocycles. The molecule has 0 amide bonds. The Labute approximate surface area is 133 Å². The van der Waals surface area contributed by atoms with E-state index in [1.807, 2.05) is 6.92 Å². The second-order valence-electron chi connectivity index (χ2n) is 5.12. The average molecular weight is 337 g/mol. The molecule has 0 saturated heterocycles. The van der Waals surface area contributed by atoms with Crippen LogP contribution >= 0.6 is 11.6 Å². The molecule has 7 heteroatoms. The second-order valence-corrected chi connectivity index (χ2v) is 7.40. The van der Waals surface area contributed by atoms with Crippen molar-refractivity contribution in [3.05, 3.63) is 53.9 Å². The van der Waals surface area contributed by atoms with Crippen molar-refractivity contribution < 1.29 is 13.2 Å². The summed E-state index contributed by atoms with van der Waals surface area (Å²) in [6.45, 7) is 1.89. The largest absolute Gasteiger partial charge is 0.298 e. The Morgan fingerprint density at radius 1 is 1.27 bits per heavy atom. The molecule has 2 atom stereocenters. The van der Waals surface area contributed by atoms with E-state index >= 15 is 0 Å². The Morgan fingerprint density at radius 2 is 1.95 bits per heavy atom. The zero-order valence-electron chi connectivity index (χ0n) is 11.7. The van der Waals surface area contributed by atoms with Crippen molar-refractivity contribution >= 4 is 33.7 Å². The lowest BCUT2D eigenvalue weighted by Gasteiger charge is -2.25. The highest BCUT2D eigenvalue weighted by Crippen LogP contribution is 2.33. The van der Waals surface area contributed by atoms with Crippen LogP contribution in [-0.2, 0) is 14.8 Å². The van der Waals surface area contributed by atoms with E-state index in [-0.39, 0.29) is 4.90 Å². The molecule has 0 aliphatic carbocycles. The number of carbonyl (C=O) groups is 1. The van der Waals surface area contributed by atoms with Crippen LogP contribution in [0.5, 0.6) is 0 Å². The van der Waals surface area contributed by atoms with Crippen molar-refractivity contribution in [3.63, 3.8) is 0 Å². The lowest BCUT2D eigenvalue weighted by atomic mass is 9.98. The van der Waals surface area contributed by atoms with Crippen LogP contribution in [0.15, 0.2) is 58.2 Å². The number of aryl methyl sites for hydroxylation is 1. The van der Waals surface area contributed by atoms with Crippen molar-refractivity contribution in [2.45, 2.75) is 17.2 Å². The molecule has 2 unspecified atom stereocenters. The Bertz CT molecular complexity index is 810. The van der Waals surface area contributed by atoms with Gasteiger partial charge in [-0.3, -0.25) is 4.79 Å². The van der Waals surface area contributed by atoms with E-state index in [4.69, 9.17) is 11.6 Å². The molecule has 0 saturated carbocycles. The van der Waals surface area contributed by atoms with E-state index in [2.05, 4.69) is 4.99 Å². The molecule has 5 nitrogen and oxygen atoms in total. The van der Waals surface area contributed by atoms with Crippen LogP contribution in [0.25, 0.3) is 0 Å². The number of alkyl halides is 1. The maximum atomic E-state index is 12.7. The van der Waals surface area contributed by atoms with E-state index < -0.39 is 21.3 Å². The fraction of sp³-hybridized carbons (Fsp3) is 0.200. The topological polar surface area (TPSA) is 66.8 Å². The lowest BCUT2D eigenvalue weighted by Crippen LogP contribution is -2.37. The van der Waals surface area contributed by atoms with Gasteiger partial charge in [0.1, 0.15) is 12.1 Å². The third kappa shape index (κ3) is 2.28.